The van der Waals surface area contributed by atoms with Gasteiger partial charge in [-0.2, -0.15) is 0 Å². The SMILES string of the molecule is O=C1NC(NC2CC2)=NC1c1ccc(F)c(F)c1. The van der Waals surface area contributed by atoms with Gasteiger partial charge in [-0.3, -0.25) is 10.1 Å². The summed E-state index contributed by atoms with van der Waals surface area (Å²) in [5, 5.41) is 5.65. The van der Waals surface area contributed by atoms with Crippen molar-refractivity contribution >= 4 is 11.9 Å². The Bertz CT molecular complexity index is 540. The highest BCUT2D eigenvalue weighted by atomic mass is 19.2. The highest BCUT2D eigenvalue weighted by molar-refractivity contribution is 6.05. The Kier molecular flexibility index (Phi) is 2.50. The average molecular weight is 251 g/mol. The van der Waals surface area contributed by atoms with E-state index in [4.69, 9.17) is 0 Å². The van der Waals surface area contributed by atoms with Crippen molar-refractivity contribution < 1.29 is 13.6 Å². The van der Waals surface area contributed by atoms with Gasteiger partial charge < -0.3 is 5.32 Å². The zero-order chi connectivity index (χ0) is 12.7. The number of hydrogen-bond acceptors (Lipinski definition) is 3. The van der Waals surface area contributed by atoms with Crippen molar-refractivity contribution in [1.82, 2.24) is 10.6 Å². The van der Waals surface area contributed by atoms with Crippen LogP contribution in [0.4, 0.5) is 8.78 Å². The minimum atomic E-state index is -0.973. The topological polar surface area (TPSA) is 53.5 Å². The number of carbonyl (C=O) groups is 1. The molecule has 0 saturated heterocycles. The number of nitrogens with zero attached hydrogens (tertiary/aromatic N) is 1. The fourth-order valence-corrected chi connectivity index (χ4v) is 1.81. The van der Waals surface area contributed by atoms with Gasteiger partial charge in [0.15, 0.2) is 23.6 Å². The van der Waals surface area contributed by atoms with Gasteiger partial charge in [0.2, 0.25) is 0 Å². The van der Waals surface area contributed by atoms with Crippen LogP contribution < -0.4 is 10.6 Å². The molecule has 0 bridgehead atoms. The molecule has 1 saturated carbocycles. The van der Waals surface area contributed by atoms with Gasteiger partial charge in [0.05, 0.1) is 0 Å². The Morgan fingerprint density at radius 3 is 2.72 bits per heavy atom. The Labute approximate surface area is 102 Å². The summed E-state index contributed by atoms with van der Waals surface area (Å²) in [6.07, 6.45) is 2.12. The molecule has 1 aliphatic heterocycles. The molecule has 4 nitrogen and oxygen atoms in total. The molecule has 2 aliphatic rings. The van der Waals surface area contributed by atoms with E-state index in [1.54, 1.807) is 0 Å². The van der Waals surface area contributed by atoms with Gasteiger partial charge >= 0.3 is 0 Å². The molecular weight excluding hydrogens is 240 g/mol. The van der Waals surface area contributed by atoms with Crippen LogP contribution in [0.15, 0.2) is 23.2 Å². The summed E-state index contributed by atoms with van der Waals surface area (Å²) < 4.78 is 25.9. The number of amides is 1. The average Bonchev–Trinajstić information content (AvgIpc) is 3.06. The molecule has 0 aromatic heterocycles. The van der Waals surface area contributed by atoms with Crippen LogP contribution in [0, 0.1) is 11.6 Å². The molecule has 2 N–H and O–H groups in total. The second kappa shape index (κ2) is 4.04. The first-order valence-corrected chi connectivity index (χ1v) is 5.73. The molecule has 3 rings (SSSR count). The lowest BCUT2D eigenvalue weighted by Gasteiger charge is -2.04. The lowest BCUT2D eigenvalue weighted by atomic mass is 10.1. The van der Waals surface area contributed by atoms with E-state index >= 15 is 0 Å². The highest BCUT2D eigenvalue weighted by Crippen LogP contribution is 2.24. The maximum absolute atomic E-state index is 13.1. The number of rotatable bonds is 2. The molecule has 1 aliphatic carbocycles. The van der Waals surface area contributed by atoms with E-state index in [0.29, 0.717) is 17.6 Å². The third-order valence-electron chi connectivity index (χ3n) is 2.93. The highest BCUT2D eigenvalue weighted by Gasteiger charge is 2.31. The molecule has 18 heavy (non-hydrogen) atoms. The molecule has 1 fully saturated rings. The van der Waals surface area contributed by atoms with Crippen LogP contribution in [0.3, 0.4) is 0 Å². The summed E-state index contributed by atoms with van der Waals surface area (Å²) in [7, 11) is 0. The largest absolute Gasteiger partial charge is 0.353 e. The van der Waals surface area contributed by atoms with Crippen LogP contribution in [-0.4, -0.2) is 17.9 Å². The van der Waals surface area contributed by atoms with Crippen LogP contribution in [-0.2, 0) is 4.79 Å². The van der Waals surface area contributed by atoms with Gasteiger partial charge in [0.1, 0.15) is 0 Å². The maximum Gasteiger partial charge on any atom is 0.256 e. The molecule has 1 atom stereocenters. The normalized spacial score (nSPS) is 22.7. The van der Waals surface area contributed by atoms with E-state index in [1.807, 2.05) is 0 Å². The number of benzene rings is 1. The van der Waals surface area contributed by atoms with Crippen LogP contribution in [0.1, 0.15) is 24.4 Å². The number of carbonyl (C=O) groups excluding carboxylic acids is 1. The standard InChI is InChI=1S/C12H11F2N3O/c13-8-4-1-6(5-9(8)14)10-11(18)17-12(16-10)15-7-2-3-7/h1,4-5,7,10H,2-3H2,(H2,15,16,17,18). The summed E-state index contributed by atoms with van der Waals surface area (Å²) in [4.78, 5) is 15.8. The van der Waals surface area contributed by atoms with Gasteiger partial charge in [0.25, 0.3) is 5.91 Å². The maximum atomic E-state index is 13.1. The Balaban J connectivity index is 1.83. The zero-order valence-corrected chi connectivity index (χ0v) is 9.41. The van der Waals surface area contributed by atoms with Gasteiger partial charge in [-0.05, 0) is 30.5 Å². The van der Waals surface area contributed by atoms with Crippen molar-refractivity contribution in [2.24, 2.45) is 4.99 Å². The minimum Gasteiger partial charge on any atom is -0.353 e. The van der Waals surface area contributed by atoms with E-state index in [9.17, 15) is 13.6 Å². The van der Waals surface area contributed by atoms with Gasteiger partial charge in [-0.1, -0.05) is 6.07 Å². The number of halogens is 2. The van der Waals surface area contributed by atoms with E-state index in [1.165, 1.54) is 6.07 Å². The van der Waals surface area contributed by atoms with E-state index < -0.39 is 17.7 Å². The Morgan fingerprint density at radius 1 is 1.28 bits per heavy atom. The lowest BCUT2D eigenvalue weighted by molar-refractivity contribution is -0.120. The zero-order valence-electron chi connectivity index (χ0n) is 9.41. The van der Waals surface area contributed by atoms with Crippen LogP contribution in [0.2, 0.25) is 0 Å². The number of hydrogen-bond donors (Lipinski definition) is 2. The van der Waals surface area contributed by atoms with Gasteiger partial charge in [0, 0.05) is 6.04 Å². The molecule has 94 valence electrons. The number of nitrogens with one attached hydrogen (secondary N) is 2. The molecule has 6 heteroatoms. The Hall–Kier alpha value is -1.98. The quantitative estimate of drug-likeness (QED) is 0.831. The fraction of sp³-hybridized carbons (Fsp3) is 0.333. The molecular formula is C12H11F2N3O. The summed E-state index contributed by atoms with van der Waals surface area (Å²) in [5.74, 6) is -1.82. The van der Waals surface area contributed by atoms with Gasteiger partial charge in [-0.25, -0.2) is 13.8 Å². The van der Waals surface area contributed by atoms with Crippen molar-refractivity contribution in [3.8, 4) is 0 Å². The van der Waals surface area contributed by atoms with Crippen LogP contribution in [0.5, 0.6) is 0 Å². The minimum absolute atomic E-state index is 0.329. The van der Waals surface area contributed by atoms with Crippen molar-refractivity contribution in [2.75, 3.05) is 0 Å². The molecule has 1 heterocycles. The van der Waals surface area contributed by atoms with Crippen molar-refractivity contribution in [1.29, 1.82) is 0 Å². The molecule has 1 amide bonds. The van der Waals surface area contributed by atoms with Crippen molar-refractivity contribution in [2.45, 2.75) is 24.9 Å². The molecule has 1 aromatic carbocycles. The molecule has 1 aromatic rings. The lowest BCUT2D eigenvalue weighted by Crippen LogP contribution is -2.37. The third kappa shape index (κ3) is 2.05. The van der Waals surface area contributed by atoms with E-state index in [-0.39, 0.29) is 5.91 Å². The third-order valence-corrected chi connectivity index (χ3v) is 2.93. The summed E-state index contributed by atoms with van der Waals surface area (Å²) in [6, 6.07) is 2.93. The molecule has 0 radical (unpaired) electrons. The number of guanidine groups is 1. The summed E-state index contributed by atoms with van der Waals surface area (Å²) in [6.45, 7) is 0. The number of aliphatic imine (C=N–C) groups is 1. The predicted octanol–water partition coefficient (Wildman–Crippen LogP) is 1.24. The predicted molar refractivity (Wildman–Crippen MR) is 60.8 cm³/mol. The monoisotopic (exact) mass is 251 g/mol. The summed E-state index contributed by atoms with van der Waals surface area (Å²) in [5.41, 5.74) is 0.346. The fourth-order valence-electron chi connectivity index (χ4n) is 1.81. The first-order valence-electron chi connectivity index (χ1n) is 5.73. The smallest absolute Gasteiger partial charge is 0.256 e. The van der Waals surface area contributed by atoms with E-state index in [2.05, 4.69) is 15.6 Å². The van der Waals surface area contributed by atoms with E-state index in [0.717, 1.165) is 25.0 Å². The molecule has 1 unspecified atom stereocenters. The first-order chi connectivity index (χ1) is 8.63. The second-order valence-corrected chi connectivity index (χ2v) is 4.46. The van der Waals surface area contributed by atoms with Crippen molar-refractivity contribution in [3.63, 3.8) is 0 Å². The first kappa shape index (κ1) is 11.1. The van der Waals surface area contributed by atoms with Crippen molar-refractivity contribution in [3.05, 3.63) is 35.4 Å². The second-order valence-electron chi connectivity index (χ2n) is 4.46. The molecule has 0 spiro atoms. The Morgan fingerprint density at radius 2 is 2.06 bits per heavy atom. The van der Waals surface area contributed by atoms with Crippen LogP contribution >= 0.6 is 0 Å². The van der Waals surface area contributed by atoms with Crippen LogP contribution in [0.25, 0.3) is 0 Å². The summed E-state index contributed by atoms with van der Waals surface area (Å²) >= 11 is 0. The van der Waals surface area contributed by atoms with Gasteiger partial charge in [-0.15, -0.1) is 0 Å².